The van der Waals surface area contributed by atoms with Crippen molar-refractivity contribution in [2.45, 2.75) is 24.7 Å². The predicted molar refractivity (Wildman–Crippen MR) is 93.5 cm³/mol. The summed E-state index contributed by atoms with van der Waals surface area (Å²) < 4.78 is 0.995. The molecule has 1 N–H and O–H groups in total. The maximum Gasteiger partial charge on any atom is 0.252 e. The fraction of sp³-hybridized carbons (Fsp3) is 0.278. The standard InChI is InChI=1S/C18H18INO/c19-16-10-5-4-9-15(16)17(21)20-13-18(11-6-12-18)14-7-2-1-3-8-14/h1-5,7-10H,6,11-13H2,(H,20,21). The predicted octanol–water partition coefficient (Wildman–Crippen LogP) is 4.14. The molecule has 0 bridgehead atoms. The van der Waals surface area contributed by atoms with E-state index in [-0.39, 0.29) is 11.3 Å². The summed E-state index contributed by atoms with van der Waals surface area (Å²) in [5.41, 5.74) is 2.25. The molecular formula is C18H18INO. The lowest BCUT2D eigenvalue weighted by Gasteiger charge is -2.42. The summed E-state index contributed by atoms with van der Waals surface area (Å²) in [6.07, 6.45) is 3.56. The number of rotatable bonds is 4. The number of halogens is 1. The molecule has 0 aliphatic heterocycles. The zero-order chi connectivity index (χ0) is 14.7. The van der Waals surface area contributed by atoms with Crippen molar-refractivity contribution in [3.63, 3.8) is 0 Å². The fourth-order valence-electron chi connectivity index (χ4n) is 2.95. The minimum atomic E-state index is 0.0298. The average Bonchev–Trinajstić information content (AvgIpc) is 2.47. The highest BCUT2D eigenvalue weighted by molar-refractivity contribution is 14.1. The summed E-state index contributed by atoms with van der Waals surface area (Å²) in [4.78, 5) is 12.4. The van der Waals surface area contributed by atoms with Crippen molar-refractivity contribution in [1.29, 1.82) is 0 Å². The first-order valence-electron chi connectivity index (χ1n) is 7.30. The van der Waals surface area contributed by atoms with Gasteiger partial charge in [-0.2, -0.15) is 0 Å². The lowest BCUT2D eigenvalue weighted by molar-refractivity contribution is 0.0927. The van der Waals surface area contributed by atoms with Gasteiger partial charge in [0.15, 0.2) is 0 Å². The van der Waals surface area contributed by atoms with Crippen molar-refractivity contribution in [2.75, 3.05) is 6.54 Å². The van der Waals surface area contributed by atoms with Crippen LogP contribution in [0.5, 0.6) is 0 Å². The summed E-state index contributed by atoms with van der Waals surface area (Å²) in [5, 5.41) is 3.14. The summed E-state index contributed by atoms with van der Waals surface area (Å²) >= 11 is 2.21. The average molecular weight is 391 g/mol. The Balaban J connectivity index is 1.72. The number of carbonyl (C=O) groups excluding carboxylic acids is 1. The van der Waals surface area contributed by atoms with E-state index in [1.807, 2.05) is 30.3 Å². The highest BCUT2D eigenvalue weighted by atomic mass is 127. The SMILES string of the molecule is O=C(NCC1(c2ccccc2)CCC1)c1ccccc1I. The second-order valence-corrected chi connectivity index (χ2v) is 6.82. The quantitative estimate of drug-likeness (QED) is 0.780. The molecule has 1 aliphatic rings. The third kappa shape index (κ3) is 2.98. The van der Waals surface area contributed by atoms with Crippen molar-refractivity contribution in [3.8, 4) is 0 Å². The van der Waals surface area contributed by atoms with Crippen molar-refractivity contribution in [3.05, 3.63) is 69.3 Å². The molecular weight excluding hydrogens is 373 g/mol. The van der Waals surface area contributed by atoms with Crippen molar-refractivity contribution >= 4 is 28.5 Å². The Kier molecular flexibility index (Phi) is 4.29. The molecule has 1 fully saturated rings. The molecule has 0 spiro atoms. The monoisotopic (exact) mass is 391 g/mol. The smallest absolute Gasteiger partial charge is 0.252 e. The van der Waals surface area contributed by atoms with Gasteiger partial charge in [0.1, 0.15) is 0 Å². The highest BCUT2D eigenvalue weighted by Crippen LogP contribution is 2.43. The van der Waals surface area contributed by atoms with Gasteiger partial charge in [0, 0.05) is 15.5 Å². The van der Waals surface area contributed by atoms with Crippen LogP contribution in [-0.4, -0.2) is 12.5 Å². The van der Waals surface area contributed by atoms with E-state index in [2.05, 4.69) is 52.2 Å². The minimum absolute atomic E-state index is 0.0298. The molecule has 0 aromatic heterocycles. The number of benzene rings is 2. The van der Waals surface area contributed by atoms with E-state index in [4.69, 9.17) is 0 Å². The maximum absolute atomic E-state index is 12.4. The molecule has 3 heteroatoms. The topological polar surface area (TPSA) is 29.1 Å². The van der Waals surface area contributed by atoms with Crippen molar-refractivity contribution < 1.29 is 4.79 Å². The van der Waals surface area contributed by atoms with Gasteiger partial charge in [-0.05, 0) is 53.1 Å². The van der Waals surface area contributed by atoms with E-state index in [9.17, 15) is 4.79 Å². The van der Waals surface area contributed by atoms with Crippen LogP contribution in [0, 0.1) is 3.57 Å². The number of hydrogen-bond donors (Lipinski definition) is 1. The summed E-state index contributed by atoms with van der Waals surface area (Å²) in [6.45, 7) is 0.723. The molecule has 108 valence electrons. The van der Waals surface area contributed by atoms with Crippen LogP contribution in [0.2, 0.25) is 0 Å². The van der Waals surface area contributed by atoms with E-state index in [0.717, 1.165) is 28.5 Å². The van der Waals surface area contributed by atoms with Crippen LogP contribution < -0.4 is 5.32 Å². The van der Waals surface area contributed by atoms with Crippen LogP contribution in [0.25, 0.3) is 0 Å². The molecule has 0 saturated heterocycles. The van der Waals surface area contributed by atoms with Crippen molar-refractivity contribution in [2.24, 2.45) is 0 Å². The zero-order valence-electron chi connectivity index (χ0n) is 11.8. The van der Waals surface area contributed by atoms with E-state index >= 15 is 0 Å². The molecule has 0 atom stereocenters. The van der Waals surface area contributed by atoms with Crippen LogP contribution in [0.1, 0.15) is 35.2 Å². The van der Waals surface area contributed by atoms with E-state index in [1.165, 1.54) is 12.0 Å². The first kappa shape index (κ1) is 14.6. The van der Waals surface area contributed by atoms with E-state index in [1.54, 1.807) is 0 Å². The van der Waals surface area contributed by atoms with Crippen LogP contribution >= 0.6 is 22.6 Å². The number of amides is 1. The van der Waals surface area contributed by atoms with Gasteiger partial charge in [0.25, 0.3) is 5.91 Å². The minimum Gasteiger partial charge on any atom is -0.351 e. The lowest BCUT2D eigenvalue weighted by atomic mass is 9.64. The van der Waals surface area contributed by atoms with Gasteiger partial charge >= 0.3 is 0 Å². The summed E-state index contributed by atoms with van der Waals surface area (Å²) in [6, 6.07) is 18.3. The Bertz CT molecular complexity index is 635. The number of hydrogen-bond acceptors (Lipinski definition) is 1. The maximum atomic E-state index is 12.4. The number of nitrogens with one attached hydrogen (secondary N) is 1. The van der Waals surface area contributed by atoms with Gasteiger partial charge in [0.2, 0.25) is 0 Å². The zero-order valence-corrected chi connectivity index (χ0v) is 14.0. The van der Waals surface area contributed by atoms with Crippen LogP contribution in [-0.2, 0) is 5.41 Å². The van der Waals surface area contributed by atoms with Gasteiger partial charge in [0.05, 0.1) is 5.56 Å². The van der Waals surface area contributed by atoms with Crippen LogP contribution in [0.15, 0.2) is 54.6 Å². The molecule has 1 amide bonds. The Hall–Kier alpha value is -1.36. The Morgan fingerprint density at radius 3 is 2.33 bits per heavy atom. The summed E-state index contributed by atoms with van der Waals surface area (Å²) in [5.74, 6) is 0.0298. The molecule has 2 aromatic rings. The third-order valence-corrected chi connectivity index (χ3v) is 5.34. The molecule has 2 nitrogen and oxygen atoms in total. The van der Waals surface area contributed by atoms with Gasteiger partial charge < -0.3 is 5.32 Å². The molecule has 3 rings (SSSR count). The lowest BCUT2D eigenvalue weighted by Crippen LogP contribution is -2.45. The van der Waals surface area contributed by atoms with Gasteiger partial charge in [-0.1, -0.05) is 48.9 Å². The Morgan fingerprint density at radius 2 is 1.71 bits per heavy atom. The second-order valence-electron chi connectivity index (χ2n) is 5.66. The normalized spacial score (nSPS) is 16.0. The molecule has 0 unspecified atom stereocenters. The van der Waals surface area contributed by atoms with Crippen LogP contribution in [0.4, 0.5) is 0 Å². The fourth-order valence-corrected chi connectivity index (χ4v) is 3.59. The molecule has 1 aliphatic carbocycles. The van der Waals surface area contributed by atoms with Gasteiger partial charge in [-0.15, -0.1) is 0 Å². The largest absolute Gasteiger partial charge is 0.351 e. The molecule has 2 aromatic carbocycles. The number of carbonyl (C=O) groups is 1. The molecule has 21 heavy (non-hydrogen) atoms. The van der Waals surface area contributed by atoms with E-state index < -0.39 is 0 Å². The van der Waals surface area contributed by atoms with Gasteiger partial charge in [-0.3, -0.25) is 4.79 Å². The van der Waals surface area contributed by atoms with Crippen LogP contribution in [0.3, 0.4) is 0 Å². The van der Waals surface area contributed by atoms with E-state index in [0.29, 0.717) is 0 Å². The molecule has 0 radical (unpaired) electrons. The first-order valence-corrected chi connectivity index (χ1v) is 8.37. The molecule has 1 saturated carbocycles. The third-order valence-electron chi connectivity index (χ3n) is 4.40. The van der Waals surface area contributed by atoms with Gasteiger partial charge in [-0.25, -0.2) is 0 Å². The molecule has 0 heterocycles. The Morgan fingerprint density at radius 1 is 1.05 bits per heavy atom. The first-order chi connectivity index (χ1) is 10.2. The summed E-state index contributed by atoms with van der Waals surface area (Å²) in [7, 11) is 0. The highest BCUT2D eigenvalue weighted by Gasteiger charge is 2.38. The Labute approximate surface area is 139 Å². The second kappa shape index (κ2) is 6.18. The van der Waals surface area contributed by atoms with Crippen molar-refractivity contribution in [1.82, 2.24) is 5.32 Å².